The molecule has 0 radical (unpaired) electrons. The van der Waals surface area contributed by atoms with Gasteiger partial charge in [0.15, 0.2) is 5.65 Å². The molecule has 2 rings (SSSR count). The van der Waals surface area contributed by atoms with E-state index < -0.39 is 5.97 Å². The lowest BCUT2D eigenvalue weighted by Crippen LogP contribution is -2.05. The van der Waals surface area contributed by atoms with Crippen LogP contribution in [0, 0.1) is 0 Å². The number of anilines is 1. The highest BCUT2D eigenvalue weighted by Crippen LogP contribution is 2.14. The molecular formula is C8H8N4O2. The molecule has 6 nitrogen and oxygen atoms in total. The van der Waals surface area contributed by atoms with Crippen LogP contribution in [0.1, 0.15) is 10.6 Å². The zero-order chi connectivity index (χ0) is 10.3. The Balaban J connectivity index is 2.79. The van der Waals surface area contributed by atoms with Gasteiger partial charge in [0.2, 0.25) is 5.82 Å². The van der Waals surface area contributed by atoms with Gasteiger partial charge in [0, 0.05) is 7.05 Å². The van der Waals surface area contributed by atoms with Crippen molar-refractivity contribution in [1.29, 1.82) is 0 Å². The minimum atomic E-state index is -1.08. The van der Waals surface area contributed by atoms with Crippen LogP contribution in [0.4, 0.5) is 5.69 Å². The Bertz CT molecular complexity index is 517. The topological polar surface area (TPSA) is 94.0 Å². The number of carboxylic acid groups (broad SMARTS) is 1. The van der Waals surface area contributed by atoms with E-state index in [1.165, 1.54) is 10.8 Å². The van der Waals surface area contributed by atoms with E-state index in [1.54, 1.807) is 13.1 Å². The number of nitrogens with zero attached hydrogens (tertiary/aromatic N) is 3. The second-order valence-corrected chi connectivity index (χ2v) is 2.91. The molecular weight excluding hydrogens is 184 g/mol. The largest absolute Gasteiger partial charge is 0.475 e. The van der Waals surface area contributed by atoms with Gasteiger partial charge in [-0.3, -0.25) is 0 Å². The maximum absolute atomic E-state index is 10.7. The smallest absolute Gasteiger partial charge is 0.372 e. The molecule has 0 spiro atoms. The summed E-state index contributed by atoms with van der Waals surface area (Å²) in [6.45, 7) is 0. The molecule has 2 heterocycles. The Kier molecular flexibility index (Phi) is 1.63. The van der Waals surface area contributed by atoms with Crippen LogP contribution in [0.25, 0.3) is 11.2 Å². The van der Waals surface area contributed by atoms with E-state index in [0.717, 1.165) is 0 Å². The van der Waals surface area contributed by atoms with Gasteiger partial charge in [-0.1, -0.05) is 0 Å². The van der Waals surface area contributed by atoms with Crippen molar-refractivity contribution in [1.82, 2.24) is 14.5 Å². The van der Waals surface area contributed by atoms with Gasteiger partial charge in [0.05, 0.1) is 11.9 Å². The summed E-state index contributed by atoms with van der Waals surface area (Å²) in [6, 6.07) is 1.59. The van der Waals surface area contributed by atoms with Crippen molar-refractivity contribution in [3.8, 4) is 0 Å². The average molecular weight is 192 g/mol. The van der Waals surface area contributed by atoms with Gasteiger partial charge in [-0.15, -0.1) is 0 Å². The number of hydrogen-bond donors (Lipinski definition) is 2. The quantitative estimate of drug-likeness (QED) is 0.675. The number of carbonyl (C=O) groups is 1. The highest BCUT2D eigenvalue weighted by atomic mass is 16.4. The Morgan fingerprint density at radius 3 is 3.00 bits per heavy atom. The van der Waals surface area contributed by atoms with E-state index in [9.17, 15) is 4.79 Å². The summed E-state index contributed by atoms with van der Waals surface area (Å²) in [4.78, 5) is 18.6. The van der Waals surface area contributed by atoms with Crippen molar-refractivity contribution >= 4 is 22.8 Å². The van der Waals surface area contributed by atoms with Crippen molar-refractivity contribution < 1.29 is 9.90 Å². The fourth-order valence-electron chi connectivity index (χ4n) is 1.28. The fraction of sp³-hybridized carbons (Fsp3) is 0.125. The van der Waals surface area contributed by atoms with Crippen molar-refractivity contribution in [3.63, 3.8) is 0 Å². The zero-order valence-electron chi connectivity index (χ0n) is 7.43. The molecule has 0 aliphatic carbocycles. The molecule has 2 aromatic rings. The van der Waals surface area contributed by atoms with Crippen LogP contribution in [-0.4, -0.2) is 25.6 Å². The Morgan fingerprint density at radius 1 is 1.64 bits per heavy atom. The Hall–Kier alpha value is -2.11. The van der Waals surface area contributed by atoms with Gasteiger partial charge >= 0.3 is 5.97 Å². The summed E-state index contributed by atoms with van der Waals surface area (Å²) in [7, 11) is 1.60. The molecule has 0 atom stereocenters. The number of nitrogen functional groups attached to an aromatic ring is 1. The van der Waals surface area contributed by atoms with Crippen LogP contribution in [-0.2, 0) is 7.05 Å². The molecule has 0 amide bonds. The lowest BCUT2D eigenvalue weighted by atomic mass is 10.4. The Morgan fingerprint density at radius 2 is 2.36 bits per heavy atom. The first-order valence-corrected chi connectivity index (χ1v) is 3.91. The van der Waals surface area contributed by atoms with E-state index >= 15 is 0 Å². The van der Waals surface area contributed by atoms with Crippen molar-refractivity contribution in [2.45, 2.75) is 0 Å². The summed E-state index contributed by atoms with van der Waals surface area (Å²) in [5.74, 6) is -1.12. The number of nitrogens with two attached hydrogens (primary N) is 1. The number of aromatic carboxylic acids is 1. The predicted molar refractivity (Wildman–Crippen MR) is 49.9 cm³/mol. The van der Waals surface area contributed by atoms with Crippen molar-refractivity contribution in [3.05, 3.63) is 18.1 Å². The summed E-state index contributed by atoms with van der Waals surface area (Å²) in [5, 5.41) is 8.79. The maximum Gasteiger partial charge on any atom is 0.372 e. The minimum absolute atomic E-state index is 0.0434. The SMILES string of the molecule is Cn1c(C(=O)O)nc2cc(N)cnc21. The van der Waals surface area contributed by atoms with Gasteiger partial charge < -0.3 is 15.4 Å². The van der Waals surface area contributed by atoms with Crippen LogP contribution >= 0.6 is 0 Å². The molecule has 0 saturated heterocycles. The zero-order valence-corrected chi connectivity index (χ0v) is 7.43. The molecule has 0 saturated carbocycles. The summed E-state index contributed by atoms with van der Waals surface area (Å²) < 4.78 is 1.41. The highest BCUT2D eigenvalue weighted by Gasteiger charge is 2.14. The van der Waals surface area contributed by atoms with Crippen LogP contribution in [0.2, 0.25) is 0 Å². The summed E-state index contributed by atoms with van der Waals surface area (Å²) in [6.07, 6.45) is 1.47. The van der Waals surface area contributed by atoms with Crippen LogP contribution in [0.15, 0.2) is 12.3 Å². The number of imidazole rings is 1. The third-order valence-corrected chi connectivity index (χ3v) is 1.92. The fourth-order valence-corrected chi connectivity index (χ4v) is 1.28. The van der Waals surface area contributed by atoms with Gasteiger partial charge in [0.25, 0.3) is 0 Å². The lowest BCUT2D eigenvalue weighted by molar-refractivity contribution is 0.0680. The average Bonchev–Trinajstić information content (AvgIpc) is 2.43. The molecule has 14 heavy (non-hydrogen) atoms. The molecule has 6 heteroatoms. The second-order valence-electron chi connectivity index (χ2n) is 2.91. The molecule has 72 valence electrons. The van der Waals surface area contributed by atoms with Crippen molar-refractivity contribution in [2.75, 3.05) is 5.73 Å². The number of carboxylic acids is 1. The van der Waals surface area contributed by atoms with Gasteiger partial charge in [-0.2, -0.15) is 0 Å². The second kappa shape index (κ2) is 2.69. The molecule has 3 N–H and O–H groups in total. The van der Waals surface area contributed by atoms with Gasteiger partial charge in [-0.05, 0) is 6.07 Å². The third kappa shape index (κ3) is 1.08. The number of hydrogen-bond acceptors (Lipinski definition) is 4. The predicted octanol–water partition coefficient (Wildman–Crippen LogP) is 0.249. The maximum atomic E-state index is 10.7. The molecule has 0 aliphatic rings. The normalized spacial score (nSPS) is 10.6. The number of aryl methyl sites for hydroxylation is 1. The number of pyridine rings is 1. The summed E-state index contributed by atoms with van der Waals surface area (Å²) in [5.41, 5.74) is 6.97. The van der Waals surface area contributed by atoms with E-state index in [0.29, 0.717) is 16.9 Å². The van der Waals surface area contributed by atoms with E-state index in [2.05, 4.69) is 9.97 Å². The molecule has 0 unspecified atom stereocenters. The molecule has 0 aliphatic heterocycles. The Labute approximate surface area is 79.0 Å². The molecule has 0 fully saturated rings. The van der Waals surface area contributed by atoms with Gasteiger partial charge in [0.1, 0.15) is 5.52 Å². The van der Waals surface area contributed by atoms with Crippen LogP contribution in [0.3, 0.4) is 0 Å². The number of fused-ring (bicyclic) bond motifs is 1. The monoisotopic (exact) mass is 192 g/mol. The highest BCUT2D eigenvalue weighted by molar-refractivity contribution is 5.89. The summed E-state index contributed by atoms with van der Waals surface area (Å²) >= 11 is 0. The van der Waals surface area contributed by atoms with Gasteiger partial charge in [-0.25, -0.2) is 14.8 Å². The number of aromatic nitrogens is 3. The number of rotatable bonds is 1. The van der Waals surface area contributed by atoms with E-state index in [1.807, 2.05) is 0 Å². The van der Waals surface area contributed by atoms with E-state index in [4.69, 9.17) is 10.8 Å². The minimum Gasteiger partial charge on any atom is -0.475 e. The first-order valence-electron chi connectivity index (χ1n) is 3.91. The first-order chi connectivity index (χ1) is 6.59. The van der Waals surface area contributed by atoms with Crippen LogP contribution < -0.4 is 5.73 Å². The molecule has 0 aromatic carbocycles. The lowest BCUT2D eigenvalue weighted by Gasteiger charge is -1.95. The molecule has 2 aromatic heterocycles. The van der Waals surface area contributed by atoms with Crippen LogP contribution in [0.5, 0.6) is 0 Å². The first kappa shape index (κ1) is 8.49. The standard InChI is InChI=1S/C8H8N4O2/c1-12-6-5(2-4(9)3-10-6)11-7(12)8(13)14/h2-3H,9H2,1H3,(H,13,14). The molecule has 0 bridgehead atoms. The third-order valence-electron chi connectivity index (χ3n) is 1.92. The van der Waals surface area contributed by atoms with Crippen molar-refractivity contribution in [2.24, 2.45) is 7.05 Å². The van der Waals surface area contributed by atoms with E-state index in [-0.39, 0.29) is 5.82 Å².